The first-order chi connectivity index (χ1) is 12.0. The lowest BCUT2D eigenvalue weighted by atomic mass is 10.1. The minimum atomic E-state index is -1.10. The van der Waals surface area contributed by atoms with Gasteiger partial charge < -0.3 is 9.30 Å². The third kappa shape index (κ3) is 4.13. The first-order valence-electron chi connectivity index (χ1n) is 8.38. The molecule has 0 atom stereocenters. The summed E-state index contributed by atoms with van der Waals surface area (Å²) in [7, 11) is -1.10. The van der Waals surface area contributed by atoms with Gasteiger partial charge in [-0.05, 0) is 12.1 Å². The molecular formula is C19H22N4OSi. The lowest BCUT2D eigenvalue weighted by molar-refractivity contribution is 0.0899. The summed E-state index contributed by atoms with van der Waals surface area (Å²) in [5.74, 6) is 0.174. The predicted molar refractivity (Wildman–Crippen MR) is 102 cm³/mol. The maximum atomic E-state index is 9.29. The summed E-state index contributed by atoms with van der Waals surface area (Å²) in [6, 6.07) is 15.0. The van der Waals surface area contributed by atoms with Gasteiger partial charge in [0.25, 0.3) is 0 Å². The third-order valence-electron chi connectivity index (χ3n) is 3.99. The minimum absolute atomic E-state index is 0.174. The van der Waals surface area contributed by atoms with Crippen molar-refractivity contribution < 1.29 is 4.74 Å². The smallest absolute Gasteiger partial charge is 0.234 e. The quantitative estimate of drug-likeness (QED) is 0.491. The van der Waals surface area contributed by atoms with Gasteiger partial charge in [0.15, 0.2) is 0 Å². The van der Waals surface area contributed by atoms with E-state index in [0.29, 0.717) is 6.73 Å². The highest BCUT2D eigenvalue weighted by Gasteiger charge is 2.14. The van der Waals surface area contributed by atoms with E-state index in [2.05, 4.69) is 35.7 Å². The van der Waals surface area contributed by atoms with Crippen LogP contribution in [0.1, 0.15) is 5.82 Å². The number of nitriles is 1. The molecule has 0 saturated carbocycles. The average molecular weight is 350 g/mol. The Bertz CT molecular complexity index is 907. The SMILES string of the molecule is C[Si](C)(C)CCOCn1ccc2c(-c3ccccc3)nc(C#N)nc21. The summed E-state index contributed by atoms with van der Waals surface area (Å²) in [5, 5.41) is 10.2. The van der Waals surface area contributed by atoms with Crippen LogP contribution in [-0.2, 0) is 11.5 Å². The molecule has 0 N–H and O–H groups in total. The van der Waals surface area contributed by atoms with Gasteiger partial charge in [-0.15, -0.1) is 0 Å². The van der Waals surface area contributed by atoms with Gasteiger partial charge in [0.1, 0.15) is 18.4 Å². The van der Waals surface area contributed by atoms with E-state index in [1.54, 1.807) is 0 Å². The molecule has 0 saturated heterocycles. The molecule has 0 spiro atoms. The van der Waals surface area contributed by atoms with E-state index in [4.69, 9.17) is 4.74 Å². The number of hydrogen-bond acceptors (Lipinski definition) is 4. The molecule has 1 aromatic carbocycles. The Kier molecular flexibility index (Phi) is 4.97. The fourth-order valence-electron chi connectivity index (χ4n) is 2.58. The van der Waals surface area contributed by atoms with E-state index in [-0.39, 0.29) is 5.82 Å². The molecule has 0 aliphatic heterocycles. The number of benzene rings is 1. The number of nitrogens with zero attached hydrogens (tertiary/aromatic N) is 4. The highest BCUT2D eigenvalue weighted by atomic mass is 28.3. The van der Waals surface area contributed by atoms with Gasteiger partial charge in [0.05, 0.1) is 5.69 Å². The van der Waals surface area contributed by atoms with Crippen LogP contribution in [0.3, 0.4) is 0 Å². The van der Waals surface area contributed by atoms with Crippen LogP contribution in [0.4, 0.5) is 0 Å². The van der Waals surface area contributed by atoms with E-state index in [9.17, 15) is 5.26 Å². The Morgan fingerprint density at radius 2 is 1.88 bits per heavy atom. The Labute approximate surface area is 148 Å². The van der Waals surface area contributed by atoms with Gasteiger partial charge in [0, 0.05) is 31.8 Å². The van der Waals surface area contributed by atoms with Crippen molar-refractivity contribution in [3.05, 3.63) is 48.4 Å². The molecule has 0 aliphatic rings. The summed E-state index contributed by atoms with van der Waals surface area (Å²) in [6.07, 6.45) is 1.95. The Hall–Kier alpha value is -2.49. The zero-order valence-corrected chi connectivity index (χ0v) is 15.9. The normalized spacial score (nSPS) is 11.6. The second kappa shape index (κ2) is 7.17. The van der Waals surface area contributed by atoms with Crippen LogP contribution < -0.4 is 0 Å². The second-order valence-corrected chi connectivity index (χ2v) is 12.9. The van der Waals surface area contributed by atoms with Crippen molar-refractivity contribution in [1.82, 2.24) is 14.5 Å². The van der Waals surface area contributed by atoms with Gasteiger partial charge in [-0.3, -0.25) is 0 Å². The van der Waals surface area contributed by atoms with Crippen LogP contribution in [-0.4, -0.2) is 29.2 Å². The van der Waals surface area contributed by atoms with E-state index < -0.39 is 8.07 Å². The fourth-order valence-corrected chi connectivity index (χ4v) is 3.33. The number of rotatable bonds is 6. The molecule has 2 heterocycles. The third-order valence-corrected chi connectivity index (χ3v) is 5.70. The summed E-state index contributed by atoms with van der Waals surface area (Å²) in [5.41, 5.74) is 2.49. The number of hydrogen-bond donors (Lipinski definition) is 0. The van der Waals surface area contributed by atoms with Crippen LogP contribution in [0.25, 0.3) is 22.3 Å². The first-order valence-corrected chi connectivity index (χ1v) is 12.1. The van der Waals surface area contributed by atoms with Crippen molar-refractivity contribution in [1.29, 1.82) is 5.26 Å². The predicted octanol–water partition coefficient (Wildman–Crippen LogP) is 4.28. The standard InChI is InChI=1S/C19H22N4OSi/c1-25(2,3)12-11-24-14-23-10-9-16-18(15-7-5-4-6-8-15)21-17(13-20)22-19(16)23/h4-10H,11-12,14H2,1-3H3. The summed E-state index contributed by atoms with van der Waals surface area (Å²) >= 11 is 0. The highest BCUT2D eigenvalue weighted by molar-refractivity contribution is 6.76. The monoisotopic (exact) mass is 350 g/mol. The largest absolute Gasteiger partial charge is 0.361 e. The van der Waals surface area contributed by atoms with Gasteiger partial charge >= 0.3 is 0 Å². The molecule has 25 heavy (non-hydrogen) atoms. The van der Waals surface area contributed by atoms with E-state index in [0.717, 1.165) is 34.9 Å². The van der Waals surface area contributed by atoms with Gasteiger partial charge in [-0.1, -0.05) is 50.0 Å². The van der Waals surface area contributed by atoms with Crippen molar-refractivity contribution in [2.45, 2.75) is 32.4 Å². The van der Waals surface area contributed by atoms with Crippen molar-refractivity contribution in [2.24, 2.45) is 0 Å². The summed E-state index contributed by atoms with van der Waals surface area (Å²) < 4.78 is 7.77. The van der Waals surface area contributed by atoms with Crippen LogP contribution in [0.15, 0.2) is 42.6 Å². The molecule has 3 rings (SSSR count). The lowest BCUT2D eigenvalue weighted by Gasteiger charge is -2.15. The first kappa shape index (κ1) is 17.3. The van der Waals surface area contributed by atoms with E-state index >= 15 is 0 Å². The lowest BCUT2D eigenvalue weighted by Crippen LogP contribution is -2.22. The fraction of sp³-hybridized carbons (Fsp3) is 0.316. The minimum Gasteiger partial charge on any atom is -0.361 e. The topological polar surface area (TPSA) is 63.7 Å². The van der Waals surface area contributed by atoms with Crippen molar-refractivity contribution >= 4 is 19.1 Å². The molecule has 128 valence electrons. The van der Waals surface area contributed by atoms with Gasteiger partial charge in [-0.25, -0.2) is 9.97 Å². The van der Waals surface area contributed by atoms with Gasteiger partial charge in [-0.2, -0.15) is 5.26 Å². The number of fused-ring (bicyclic) bond motifs is 1. The van der Waals surface area contributed by atoms with Crippen molar-refractivity contribution in [2.75, 3.05) is 6.61 Å². The molecule has 2 aromatic heterocycles. The van der Waals surface area contributed by atoms with Gasteiger partial charge in [0.2, 0.25) is 5.82 Å². The average Bonchev–Trinajstić information content (AvgIpc) is 3.01. The zero-order valence-electron chi connectivity index (χ0n) is 14.9. The molecule has 0 unspecified atom stereocenters. The number of ether oxygens (including phenoxy) is 1. The van der Waals surface area contributed by atoms with Crippen LogP contribution in [0, 0.1) is 11.3 Å². The maximum Gasteiger partial charge on any atom is 0.234 e. The van der Waals surface area contributed by atoms with E-state index in [1.165, 1.54) is 0 Å². The molecule has 6 heteroatoms. The van der Waals surface area contributed by atoms with Crippen molar-refractivity contribution in [3.8, 4) is 17.3 Å². The highest BCUT2D eigenvalue weighted by Crippen LogP contribution is 2.26. The van der Waals surface area contributed by atoms with Crippen LogP contribution in [0.2, 0.25) is 25.7 Å². The van der Waals surface area contributed by atoms with E-state index in [1.807, 2.05) is 47.2 Å². The Morgan fingerprint density at radius 1 is 1.12 bits per heavy atom. The van der Waals surface area contributed by atoms with Crippen LogP contribution >= 0.6 is 0 Å². The molecule has 0 amide bonds. The summed E-state index contributed by atoms with van der Waals surface area (Å²) in [4.78, 5) is 8.80. The Balaban J connectivity index is 1.91. The molecule has 3 aromatic rings. The molecule has 0 fully saturated rings. The molecule has 0 aliphatic carbocycles. The zero-order chi connectivity index (χ0) is 17.9. The van der Waals surface area contributed by atoms with Crippen molar-refractivity contribution in [3.63, 3.8) is 0 Å². The number of aromatic nitrogens is 3. The molecular weight excluding hydrogens is 328 g/mol. The second-order valence-electron chi connectivity index (χ2n) is 7.24. The Morgan fingerprint density at radius 3 is 2.56 bits per heavy atom. The maximum absolute atomic E-state index is 9.29. The summed E-state index contributed by atoms with van der Waals surface area (Å²) in [6.45, 7) is 8.18. The molecule has 0 radical (unpaired) electrons. The molecule has 0 bridgehead atoms. The van der Waals surface area contributed by atoms with Crippen LogP contribution in [0.5, 0.6) is 0 Å². The molecule has 5 nitrogen and oxygen atoms in total.